The van der Waals surface area contributed by atoms with Crippen LogP contribution in [0.5, 0.6) is 5.88 Å². The van der Waals surface area contributed by atoms with Crippen molar-refractivity contribution in [1.29, 1.82) is 0 Å². The molecule has 0 aliphatic carbocycles. The first kappa shape index (κ1) is 15.6. The molecule has 128 valence electrons. The van der Waals surface area contributed by atoms with Gasteiger partial charge in [-0.05, 0) is 18.9 Å². The Bertz CT molecular complexity index is 887. The SMILES string of the molecule is Cc1cc(OC2CN(C(=O)CCc3ccccc3)C2)n2ncnc2n1. The van der Waals surface area contributed by atoms with Crippen molar-refractivity contribution < 1.29 is 9.53 Å². The molecule has 1 amide bonds. The van der Waals surface area contributed by atoms with Gasteiger partial charge in [0, 0.05) is 18.2 Å². The van der Waals surface area contributed by atoms with E-state index in [0.29, 0.717) is 31.2 Å². The molecule has 0 bridgehead atoms. The number of hydrogen-bond acceptors (Lipinski definition) is 5. The van der Waals surface area contributed by atoms with Gasteiger partial charge in [-0.25, -0.2) is 4.98 Å². The van der Waals surface area contributed by atoms with Crippen LogP contribution in [0.3, 0.4) is 0 Å². The van der Waals surface area contributed by atoms with E-state index in [1.54, 1.807) is 4.52 Å². The molecule has 1 aliphatic heterocycles. The molecule has 4 rings (SSSR count). The Morgan fingerprint density at radius 3 is 2.88 bits per heavy atom. The minimum Gasteiger partial charge on any atom is -0.470 e. The fraction of sp³-hybridized carbons (Fsp3) is 0.333. The quantitative estimate of drug-likeness (QED) is 0.708. The lowest BCUT2D eigenvalue weighted by Gasteiger charge is -2.38. The monoisotopic (exact) mass is 337 g/mol. The Balaban J connectivity index is 1.31. The van der Waals surface area contributed by atoms with Crippen LogP contribution in [0.2, 0.25) is 0 Å². The molecule has 2 aromatic heterocycles. The van der Waals surface area contributed by atoms with E-state index in [4.69, 9.17) is 4.74 Å². The third-order valence-electron chi connectivity index (χ3n) is 4.31. The molecule has 0 unspecified atom stereocenters. The fourth-order valence-corrected chi connectivity index (χ4v) is 2.92. The molecule has 0 radical (unpaired) electrons. The zero-order chi connectivity index (χ0) is 17.2. The van der Waals surface area contributed by atoms with Crippen molar-refractivity contribution in [3.63, 3.8) is 0 Å². The lowest BCUT2D eigenvalue weighted by Crippen LogP contribution is -2.56. The number of nitrogens with zero attached hydrogens (tertiary/aromatic N) is 5. The first-order valence-electron chi connectivity index (χ1n) is 8.35. The van der Waals surface area contributed by atoms with Gasteiger partial charge in [-0.1, -0.05) is 30.3 Å². The number of aromatic nitrogens is 4. The van der Waals surface area contributed by atoms with Gasteiger partial charge in [0.2, 0.25) is 11.8 Å². The van der Waals surface area contributed by atoms with E-state index in [0.717, 1.165) is 12.1 Å². The highest BCUT2D eigenvalue weighted by atomic mass is 16.5. The standard InChI is InChI=1S/C18H19N5O2/c1-13-9-17(23-18(21-13)19-12-20-23)25-15-10-22(11-15)16(24)8-7-14-5-3-2-4-6-14/h2-6,9,12,15H,7-8,10-11H2,1H3. The first-order valence-corrected chi connectivity index (χ1v) is 8.35. The Hall–Kier alpha value is -2.96. The topological polar surface area (TPSA) is 72.6 Å². The largest absolute Gasteiger partial charge is 0.470 e. The van der Waals surface area contributed by atoms with Crippen LogP contribution in [0.4, 0.5) is 0 Å². The van der Waals surface area contributed by atoms with Crippen molar-refractivity contribution in [2.45, 2.75) is 25.9 Å². The summed E-state index contributed by atoms with van der Waals surface area (Å²) >= 11 is 0. The van der Waals surface area contributed by atoms with Crippen LogP contribution in [0.1, 0.15) is 17.7 Å². The third kappa shape index (κ3) is 3.31. The lowest BCUT2D eigenvalue weighted by molar-refractivity contribution is -0.140. The van der Waals surface area contributed by atoms with Crippen LogP contribution < -0.4 is 4.74 Å². The molecule has 0 spiro atoms. The Kier molecular flexibility index (Phi) is 4.05. The number of aryl methyl sites for hydroxylation is 2. The number of carbonyl (C=O) groups is 1. The number of amides is 1. The molecule has 1 aromatic carbocycles. The summed E-state index contributed by atoms with van der Waals surface area (Å²) in [7, 11) is 0. The maximum atomic E-state index is 12.3. The van der Waals surface area contributed by atoms with Gasteiger partial charge in [-0.2, -0.15) is 14.6 Å². The fourth-order valence-electron chi connectivity index (χ4n) is 2.92. The maximum absolute atomic E-state index is 12.3. The van der Waals surface area contributed by atoms with Gasteiger partial charge in [0.25, 0.3) is 5.78 Å². The van der Waals surface area contributed by atoms with E-state index in [1.807, 2.05) is 48.2 Å². The molecule has 25 heavy (non-hydrogen) atoms. The van der Waals surface area contributed by atoms with E-state index < -0.39 is 0 Å². The van der Waals surface area contributed by atoms with Gasteiger partial charge >= 0.3 is 0 Å². The lowest BCUT2D eigenvalue weighted by atomic mass is 10.1. The van der Waals surface area contributed by atoms with Gasteiger partial charge in [-0.3, -0.25) is 4.79 Å². The molecule has 0 saturated carbocycles. The zero-order valence-corrected chi connectivity index (χ0v) is 14.0. The highest BCUT2D eigenvalue weighted by Crippen LogP contribution is 2.20. The minimum absolute atomic E-state index is 0.0186. The van der Waals surface area contributed by atoms with E-state index in [9.17, 15) is 4.79 Å². The van der Waals surface area contributed by atoms with Crippen LogP contribution in [0.25, 0.3) is 5.78 Å². The second-order valence-electron chi connectivity index (χ2n) is 6.23. The van der Waals surface area contributed by atoms with Crippen molar-refractivity contribution in [2.75, 3.05) is 13.1 Å². The highest BCUT2D eigenvalue weighted by Gasteiger charge is 2.32. The summed E-state index contributed by atoms with van der Waals surface area (Å²) in [6.07, 6.45) is 2.73. The second kappa shape index (κ2) is 6.51. The van der Waals surface area contributed by atoms with Crippen molar-refractivity contribution in [1.82, 2.24) is 24.5 Å². The molecule has 3 heterocycles. The van der Waals surface area contributed by atoms with E-state index in [-0.39, 0.29) is 12.0 Å². The molecule has 7 nitrogen and oxygen atoms in total. The normalized spacial score (nSPS) is 14.5. The van der Waals surface area contributed by atoms with Gasteiger partial charge in [-0.15, -0.1) is 0 Å². The van der Waals surface area contributed by atoms with Gasteiger partial charge < -0.3 is 9.64 Å². The molecular formula is C18H19N5O2. The van der Waals surface area contributed by atoms with Crippen LogP contribution >= 0.6 is 0 Å². The average Bonchev–Trinajstić information content (AvgIpc) is 3.04. The summed E-state index contributed by atoms with van der Waals surface area (Å²) in [6.45, 7) is 3.10. The maximum Gasteiger partial charge on any atom is 0.255 e. The average molecular weight is 337 g/mol. The van der Waals surface area contributed by atoms with Crippen molar-refractivity contribution in [3.8, 4) is 5.88 Å². The number of rotatable bonds is 5. The predicted molar refractivity (Wildman–Crippen MR) is 91.3 cm³/mol. The summed E-state index contributed by atoms with van der Waals surface area (Å²) in [5.41, 5.74) is 2.01. The van der Waals surface area contributed by atoms with Gasteiger partial charge in [0.05, 0.1) is 13.1 Å². The third-order valence-corrected chi connectivity index (χ3v) is 4.31. The molecule has 7 heteroatoms. The second-order valence-corrected chi connectivity index (χ2v) is 6.23. The molecule has 1 fully saturated rings. The minimum atomic E-state index is -0.0186. The van der Waals surface area contributed by atoms with Gasteiger partial charge in [0.1, 0.15) is 12.4 Å². The number of hydrogen-bond donors (Lipinski definition) is 0. The summed E-state index contributed by atoms with van der Waals surface area (Å²) < 4.78 is 7.55. The molecule has 0 atom stereocenters. The van der Waals surface area contributed by atoms with E-state index in [2.05, 4.69) is 15.1 Å². The van der Waals surface area contributed by atoms with Crippen molar-refractivity contribution in [3.05, 3.63) is 54.0 Å². The molecule has 0 N–H and O–H groups in total. The molecular weight excluding hydrogens is 318 g/mol. The summed E-state index contributed by atoms with van der Waals surface area (Å²) in [5, 5.41) is 4.13. The summed E-state index contributed by atoms with van der Waals surface area (Å²) in [5.74, 6) is 1.30. The number of fused-ring (bicyclic) bond motifs is 1. The molecule has 3 aromatic rings. The number of likely N-dealkylation sites (tertiary alicyclic amines) is 1. The van der Waals surface area contributed by atoms with Crippen molar-refractivity contribution in [2.24, 2.45) is 0 Å². The molecule has 1 saturated heterocycles. The van der Waals surface area contributed by atoms with E-state index in [1.165, 1.54) is 11.9 Å². The van der Waals surface area contributed by atoms with Gasteiger partial charge in [0.15, 0.2) is 0 Å². The van der Waals surface area contributed by atoms with E-state index >= 15 is 0 Å². The first-order chi connectivity index (χ1) is 12.2. The Labute approximate surface area is 145 Å². The van der Waals surface area contributed by atoms with Crippen molar-refractivity contribution >= 4 is 11.7 Å². The number of benzene rings is 1. The predicted octanol–water partition coefficient (Wildman–Crippen LogP) is 1.66. The Morgan fingerprint density at radius 2 is 2.08 bits per heavy atom. The van der Waals surface area contributed by atoms with Crippen LogP contribution in [0.15, 0.2) is 42.7 Å². The number of carbonyl (C=O) groups excluding carboxylic acids is 1. The smallest absolute Gasteiger partial charge is 0.255 e. The highest BCUT2D eigenvalue weighted by molar-refractivity contribution is 5.77. The van der Waals surface area contributed by atoms with Crippen LogP contribution in [-0.4, -0.2) is 49.6 Å². The van der Waals surface area contributed by atoms with Crippen LogP contribution in [-0.2, 0) is 11.2 Å². The van der Waals surface area contributed by atoms with Crippen LogP contribution in [0, 0.1) is 6.92 Å². The zero-order valence-electron chi connectivity index (χ0n) is 14.0. The molecule has 1 aliphatic rings. The summed E-state index contributed by atoms with van der Waals surface area (Å²) in [6, 6.07) is 11.9. The Morgan fingerprint density at radius 1 is 1.28 bits per heavy atom. The summed E-state index contributed by atoms with van der Waals surface area (Å²) in [4.78, 5) is 22.5. The number of ether oxygens (including phenoxy) is 1.